The van der Waals surface area contributed by atoms with Crippen LogP contribution in [0.3, 0.4) is 0 Å². The third-order valence-electron chi connectivity index (χ3n) is 3.37. The number of benzene rings is 1. The SMILES string of the molecule is O=Cc1ccc2c(c1)NC[C@@H]1CCCN21. The van der Waals surface area contributed by atoms with Gasteiger partial charge in [-0.15, -0.1) is 0 Å². The zero-order valence-corrected chi connectivity index (χ0v) is 8.57. The summed E-state index contributed by atoms with van der Waals surface area (Å²) in [6.45, 7) is 2.16. The monoisotopic (exact) mass is 202 g/mol. The van der Waals surface area contributed by atoms with E-state index in [2.05, 4.69) is 16.3 Å². The van der Waals surface area contributed by atoms with Crippen LogP contribution in [0, 0.1) is 0 Å². The van der Waals surface area contributed by atoms with Crippen molar-refractivity contribution in [1.29, 1.82) is 0 Å². The van der Waals surface area contributed by atoms with Gasteiger partial charge in [-0.2, -0.15) is 0 Å². The van der Waals surface area contributed by atoms with Crippen molar-refractivity contribution in [3.05, 3.63) is 23.8 Å². The van der Waals surface area contributed by atoms with Crippen molar-refractivity contribution in [3.63, 3.8) is 0 Å². The Balaban J connectivity index is 2.03. The molecule has 3 rings (SSSR count). The second-order valence-corrected chi connectivity index (χ2v) is 4.26. The lowest BCUT2D eigenvalue weighted by Crippen LogP contribution is -2.39. The van der Waals surface area contributed by atoms with Crippen molar-refractivity contribution in [2.45, 2.75) is 18.9 Å². The van der Waals surface area contributed by atoms with E-state index in [9.17, 15) is 4.79 Å². The quantitative estimate of drug-likeness (QED) is 0.706. The van der Waals surface area contributed by atoms with Crippen molar-refractivity contribution in [1.82, 2.24) is 0 Å². The molecule has 0 unspecified atom stereocenters. The third-order valence-corrected chi connectivity index (χ3v) is 3.37. The summed E-state index contributed by atoms with van der Waals surface area (Å²) in [7, 11) is 0. The molecule has 1 N–H and O–H groups in total. The summed E-state index contributed by atoms with van der Waals surface area (Å²) in [5.74, 6) is 0. The van der Waals surface area contributed by atoms with Gasteiger partial charge in [-0.3, -0.25) is 4.79 Å². The molecule has 3 nitrogen and oxygen atoms in total. The Hall–Kier alpha value is -1.51. The summed E-state index contributed by atoms with van der Waals surface area (Å²) in [6.07, 6.45) is 3.46. The van der Waals surface area contributed by atoms with Gasteiger partial charge >= 0.3 is 0 Å². The summed E-state index contributed by atoms with van der Waals surface area (Å²) in [5, 5.41) is 3.41. The van der Waals surface area contributed by atoms with Gasteiger partial charge in [0.15, 0.2) is 0 Å². The Morgan fingerprint density at radius 1 is 1.47 bits per heavy atom. The predicted octanol–water partition coefficient (Wildman–Crippen LogP) is 1.89. The Morgan fingerprint density at radius 2 is 2.40 bits per heavy atom. The van der Waals surface area contributed by atoms with Crippen LogP contribution in [0.25, 0.3) is 0 Å². The number of anilines is 2. The lowest BCUT2D eigenvalue weighted by molar-refractivity contribution is 0.112. The average molecular weight is 202 g/mol. The topological polar surface area (TPSA) is 32.3 Å². The molecular formula is C12H14N2O. The van der Waals surface area contributed by atoms with Crippen molar-refractivity contribution in [2.24, 2.45) is 0 Å². The first-order valence-electron chi connectivity index (χ1n) is 5.48. The van der Waals surface area contributed by atoms with Crippen LogP contribution in [0.1, 0.15) is 23.2 Å². The fraction of sp³-hybridized carbons (Fsp3) is 0.417. The van der Waals surface area contributed by atoms with Crippen LogP contribution >= 0.6 is 0 Å². The molecule has 1 aromatic rings. The summed E-state index contributed by atoms with van der Waals surface area (Å²) >= 11 is 0. The molecule has 0 aliphatic carbocycles. The van der Waals surface area contributed by atoms with Gasteiger partial charge in [0.2, 0.25) is 0 Å². The third kappa shape index (κ3) is 1.30. The van der Waals surface area contributed by atoms with Gasteiger partial charge < -0.3 is 10.2 Å². The molecule has 0 bridgehead atoms. The number of fused-ring (bicyclic) bond motifs is 3. The number of carbonyl (C=O) groups is 1. The molecule has 0 saturated carbocycles. The summed E-state index contributed by atoms with van der Waals surface area (Å²) in [6, 6.07) is 6.55. The van der Waals surface area contributed by atoms with Gasteiger partial charge in [0.1, 0.15) is 6.29 Å². The van der Waals surface area contributed by atoms with Crippen LogP contribution in [0.15, 0.2) is 18.2 Å². The standard InChI is InChI=1S/C12H14N2O/c15-8-9-3-4-12-11(6-9)13-7-10-2-1-5-14(10)12/h3-4,6,8,10,13H,1-2,5,7H2/t10-/m0/s1. The van der Waals surface area contributed by atoms with Gasteiger partial charge in [-0.1, -0.05) is 0 Å². The van der Waals surface area contributed by atoms with Crippen LogP contribution < -0.4 is 10.2 Å². The second-order valence-electron chi connectivity index (χ2n) is 4.26. The van der Waals surface area contributed by atoms with Crippen LogP contribution in [0.2, 0.25) is 0 Å². The molecule has 2 heterocycles. The largest absolute Gasteiger partial charge is 0.381 e. The zero-order valence-electron chi connectivity index (χ0n) is 8.57. The Bertz CT molecular complexity index is 403. The second kappa shape index (κ2) is 3.26. The van der Waals surface area contributed by atoms with Gasteiger partial charge in [0, 0.05) is 24.7 Å². The fourth-order valence-corrected chi connectivity index (χ4v) is 2.61. The van der Waals surface area contributed by atoms with Gasteiger partial charge in [0.25, 0.3) is 0 Å². The van der Waals surface area contributed by atoms with E-state index >= 15 is 0 Å². The van der Waals surface area contributed by atoms with Crippen LogP contribution in [0.4, 0.5) is 11.4 Å². The molecule has 1 aromatic carbocycles. The first-order valence-corrected chi connectivity index (χ1v) is 5.48. The number of hydrogen-bond donors (Lipinski definition) is 1. The van der Waals surface area contributed by atoms with Crippen LogP contribution in [0.5, 0.6) is 0 Å². The molecule has 0 spiro atoms. The van der Waals surface area contributed by atoms with E-state index in [1.165, 1.54) is 18.5 Å². The number of nitrogens with zero attached hydrogens (tertiary/aromatic N) is 1. The highest BCUT2D eigenvalue weighted by Crippen LogP contribution is 2.36. The number of carbonyl (C=O) groups excluding carboxylic acids is 1. The first-order chi connectivity index (χ1) is 7.38. The Kier molecular flexibility index (Phi) is 1.91. The number of rotatable bonds is 1. The molecule has 2 aliphatic rings. The molecule has 3 heteroatoms. The smallest absolute Gasteiger partial charge is 0.150 e. The van der Waals surface area contributed by atoms with Crippen molar-refractivity contribution >= 4 is 17.7 Å². The van der Waals surface area contributed by atoms with Gasteiger partial charge in [-0.25, -0.2) is 0 Å². The lowest BCUT2D eigenvalue weighted by Gasteiger charge is -2.34. The maximum Gasteiger partial charge on any atom is 0.150 e. The Labute approximate surface area is 89.1 Å². The van der Waals surface area contributed by atoms with E-state index in [0.717, 1.165) is 30.6 Å². The minimum absolute atomic E-state index is 0.652. The fourth-order valence-electron chi connectivity index (χ4n) is 2.61. The van der Waals surface area contributed by atoms with E-state index < -0.39 is 0 Å². The van der Waals surface area contributed by atoms with Crippen molar-refractivity contribution in [2.75, 3.05) is 23.3 Å². The molecule has 1 fully saturated rings. The zero-order chi connectivity index (χ0) is 10.3. The van der Waals surface area contributed by atoms with Crippen molar-refractivity contribution < 1.29 is 4.79 Å². The highest BCUT2D eigenvalue weighted by molar-refractivity contribution is 5.83. The van der Waals surface area contributed by atoms with E-state index in [1.54, 1.807) is 0 Å². The van der Waals surface area contributed by atoms with Crippen LogP contribution in [-0.2, 0) is 0 Å². The molecule has 78 valence electrons. The molecule has 0 radical (unpaired) electrons. The number of aldehydes is 1. The Morgan fingerprint density at radius 3 is 3.27 bits per heavy atom. The summed E-state index contributed by atoms with van der Waals surface area (Å²) in [4.78, 5) is 13.1. The highest BCUT2D eigenvalue weighted by atomic mass is 16.1. The van der Waals surface area contributed by atoms with Gasteiger partial charge in [-0.05, 0) is 31.0 Å². The summed E-state index contributed by atoms with van der Waals surface area (Å²) in [5.41, 5.74) is 3.12. The predicted molar refractivity (Wildman–Crippen MR) is 60.7 cm³/mol. The molecule has 0 amide bonds. The van der Waals surface area contributed by atoms with E-state index in [1.807, 2.05) is 12.1 Å². The molecule has 2 aliphatic heterocycles. The molecule has 15 heavy (non-hydrogen) atoms. The van der Waals surface area contributed by atoms with E-state index in [0.29, 0.717) is 6.04 Å². The molecular weight excluding hydrogens is 188 g/mol. The molecule has 0 aromatic heterocycles. The first kappa shape index (κ1) is 8.77. The normalized spacial score (nSPS) is 22.9. The van der Waals surface area contributed by atoms with Crippen molar-refractivity contribution in [3.8, 4) is 0 Å². The minimum atomic E-state index is 0.652. The van der Waals surface area contributed by atoms with Crippen LogP contribution in [-0.4, -0.2) is 25.4 Å². The van der Waals surface area contributed by atoms with Gasteiger partial charge in [0.05, 0.1) is 11.4 Å². The number of nitrogens with one attached hydrogen (secondary N) is 1. The minimum Gasteiger partial charge on any atom is -0.381 e. The number of hydrogen-bond acceptors (Lipinski definition) is 3. The average Bonchev–Trinajstić information content (AvgIpc) is 2.76. The molecule has 1 atom stereocenters. The van der Waals surface area contributed by atoms with E-state index in [4.69, 9.17) is 0 Å². The van der Waals surface area contributed by atoms with E-state index in [-0.39, 0.29) is 0 Å². The maximum atomic E-state index is 10.7. The lowest BCUT2D eigenvalue weighted by atomic mass is 10.1. The maximum absolute atomic E-state index is 10.7. The molecule has 1 saturated heterocycles. The highest BCUT2D eigenvalue weighted by Gasteiger charge is 2.29. The summed E-state index contributed by atoms with van der Waals surface area (Å²) < 4.78 is 0.